The molecule has 0 radical (unpaired) electrons. The highest BCUT2D eigenvalue weighted by Gasteiger charge is 2.10. The summed E-state index contributed by atoms with van der Waals surface area (Å²) in [6.07, 6.45) is 2.09. The molecule has 102 valence electrons. The molecule has 0 bridgehead atoms. The van der Waals surface area contributed by atoms with Crippen molar-refractivity contribution in [3.8, 4) is 5.75 Å². The monoisotopic (exact) mass is 269 g/mol. The standard InChI is InChI=1S/C15H24ClNO/c1-11-10-15(18-4)13(3)12(2)14(11)6-9-17-8-5-7-16/h10,17H,5-9H2,1-4H3. The van der Waals surface area contributed by atoms with Gasteiger partial charge in [0.2, 0.25) is 0 Å². The van der Waals surface area contributed by atoms with E-state index in [0.717, 1.165) is 37.6 Å². The van der Waals surface area contributed by atoms with E-state index in [0.29, 0.717) is 0 Å². The third kappa shape index (κ3) is 3.89. The van der Waals surface area contributed by atoms with Crippen LogP contribution in [0.25, 0.3) is 0 Å². The fraction of sp³-hybridized carbons (Fsp3) is 0.600. The van der Waals surface area contributed by atoms with Gasteiger partial charge < -0.3 is 10.1 Å². The van der Waals surface area contributed by atoms with Crippen molar-refractivity contribution in [2.24, 2.45) is 0 Å². The molecule has 1 rings (SSSR count). The summed E-state index contributed by atoms with van der Waals surface area (Å²) in [6, 6.07) is 2.14. The number of hydrogen-bond donors (Lipinski definition) is 1. The van der Waals surface area contributed by atoms with Gasteiger partial charge in [0.1, 0.15) is 5.75 Å². The molecule has 0 fully saturated rings. The summed E-state index contributed by atoms with van der Waals surface area (Å²) >= 11 is 5.65. The molecule has 0 saturated carbocycles. The minimum atomic E-state index is 0.729. The van der Waals surface area contributed by atoms with Crippen molar-refractivity contribution in [1.29, 1.82) is 0 Å². The molecule has 1 aromatic carbocycles. The Morgan fingerprint density at radius 2 is 1.89 bits per heavy atom. The molecule has 0 spiro atoms. The van der Waals surface area contributed by atoms with Crippen LogP contribution in [0.3, 0.4) is 0 Å². The Morgan fingerprint density at radius 1 is 1.17 bits per heavy atom. The number of benzene rings is 1. The van der Waals surface area contributed by atoms with Crippen LogP contribution in [0.15, 0.2) is 6.07 Å². The molecular weight excluding hydrogens is 246 g/mol. The molecular formula is C15H24ClNO. The highest BCUT2D eigenvalue weighted by molar-refractivity contribution is 6.17. The lowest BCUT2D eigenvalue weighted by Crippen LogP contribution is -2.19. The number of nitrogens with one attached hydrogen (secondary N) is 1. The van der Waals surface area contributed by atoms with Crippen LogP contribution in [0.2, 0.25) is 0 Å². The van der Waals surface area contributed by atoms with Gasteiger partial charge in [-0.2, -0.15) is 0 Å². The summed E-state index contributed by atoms with van der Waals surface area (Å²) < 4.78 is 5.39. The number of aryl methyl sites for hydroxylation is 1. The Bertz CT molecular complexity index is 391. The van der Waals surface area contributed by atoms with Crippen molar-refractivity contribution >= 4 is 11.6 Å². The molecule has 1 aromatic rings. The molecule has 1 N–H and O–H groups in total. The van der Waals surface area contributed by atoms with Gasteiger partial charge in [0.15, 0.2) is 0 Å². The van der Waals surface area contributed by atoms with E-state index in [1.54, 1.807) is 7.11 Å². The topological polar surface area (TPSA) is 21.3 Å². The van der Waals surface area contributed by atoms with Gasteiger partial charge in [0.25, 0.3) is 0 Å². The van der Waals surface area contributed by atoms with E-state index in [4.69, 9.17) is 16.3 Å². The van der Waals surface area contributed by atoms with E-state index in [2.05, 4.69) is 32.2 Å². The predicted octanol–water partition coefficient (Wildman–Crippen LogP) is 3.38. The van der Waals surface area contributed by atoms with Gasteiger partial charge >= 0.3 is 0 Å². The lowest BCUT2D eigenvalue weighted by atomic mass is 9.95. The lowest BCUT2D eigenvalue weighted by Gasteiger charge is -2.16. The maximum Gasteiger partial charge on any atom is 0.122 e. The first-order valence-corrected chi connectivity index (χ1v) is 7.05. The zero-order valence-corrected chi connectivity index (χ0v) is 12.7. The predicted molar refractivity (Wildman–Crippen MR) is 79.1 cm³/mol. The van der Waals surface area contributed by atoms with E-state index in [1.807, 2.05) is 0 Å². The van der Waals surface area contributed by atoms with Crippen molar-refractivity contribution in [3.63, 3.8) is 0 Å². The highest BCUT2D eigenvalue weighted by atomic mass is 35.5. The third-order valence-corrected chi connectivity index (χ3v) is 3.73. The molecule has 3 heteroatoms. The molecule has 0 saturated heterocycles. The smallest absolute Gasteiger partial charge is 0.122 e. The first-order valence-electron chi connectivity index (χ1n) is 6.52. The van der Waals surface area contributed by atoms with Crippen LogP contribution in [-0.4, -0.2) is 26.1 Å². The first-order chi connectivity index (χ1) is 8.61. The van der Waals surface area contributed by atoms with Crippen LogP contribution in [0.5, 0.6) is 5.75 Å². The lowest BCUT2D eigenvalue weighted by molar-refractivity contribution is 0.410. The number of ether oxygens (including phenoxy) is 1. The average molecular weight is 270 g/mol. The number of rotatable bonds is 7. The van der Waals surface area contributed by atoms with Crippen LogP contribution in [0.4, 0.5) is 0 Å². The largest absolute Gasteiger partial charge is 0.496 e. The molecule has 2 nitrogen and oxygen atoms in total. The fourth-order valence-electron chi connectivity index (χ4n) is 2.23. The van der Waals surface area contributed by atoms with Gasteiger partial charge in [-0.3, -0.25) is 0 Å². The number of halogens is 1. The van der Waals surface area contributed by atoms with Crippen molar-refractivity contribution < 1.29 is 4.74 Å². The van der Waals surface area contributed by atoms with Crippen molar-refractivity contribution in [1.82, 2.24) is 5.32 Å². The Kier molecular flexibility index (Phi) is 6.51. The summed E-state index contributed by atoms with van der Waals surface area (Å²) in [5.41, 5.74) is 5.35. The molecule has 0 aromatic heterocycles. The van der Waals surface area contributed by atoms with Crippen LogP contribution < -0.4 is 10.1 Å². The van der Waals surface area contributed by atoms with Gasteiger partial charge in [0, 0.05) is 5.88 Å². The van der Waals surface area contributed by atoms with Gasteiger partial charge in [-0.25, -0.2) is 0 Å². The van der Waals surface area contributed by atoms with E-state index in [-0.39, 0.29) is 0 Å². The number of methoxy groups -OCH3 is 1. The SMILES string of the molecule is COc1cc(C)c(CCNCCCCl)c(C)c1C. The zero-order chi connectivity index (χ0) is 13.5. The van der Waals surface area contributed by atoms with Crippen LogP contribution >= 0.6 is 11.6 Å². The molecule has 0 heterocycles. The number of alkyl halides is 1. The molecule has 18 heavy (non-hydrogen) atoms. The van der Waals surface area contributed by atoms with Crippen molar-refractivity contribution in [2.75, 3.05) is 26.1 Å². The molecule has 0 unspecified atom stereocenters. The molecule has 0 atom stereocenters. The number of hydrogen-bond acceptors (Lipinski definition) is 2. The Balaban J connectivity index is 2.68. The first kappa shape index (κ1) is 15.3. The Hall–Kier alpha value is -0.730. The maximum absolute atomic E-state index is 5.65. The second-order valence-electron chi connectivity index (χ2n) is 4.67. The minimum absolute atomic E-state index is 0.729. The summed E-state index contributed by atoms with van der Waals surface area (Å²) in [5, 5.41) is 3.42. The van der Waals surface area contributed by atoms with Gasteiger partial charge in [0.05, 0.1) is 7.11 Å². The normalized spacial score (nSPS) is 10.7. The van der Waals surface area contributed by atoms with E-state index in [1.165, 1.54) is 22.3 Å². The summed E-state index contributed by atoms with van der Waals surface area (Å²) in [6.45, 7) is 8.46. The van der Waals surface area contributed by atoms with Crippen molar-refractivity contribution in [2.45, 2.75) is 33.6 Å². The highest BCUT2D eigenvalue weighted by Crippen LogP contribution is 2.27. The van der Waals surface area contributed by atoms with Gasteiger partial charge in [-0.05, 0) is 75.0 Å². The average Bonchev–Trinajstić information content (AvgIpc) is 2.37. The van der Waals surface area contributed by atoms with E-state index >= 15 is 0 Å². The van der Waals surface area contributed by atoms with Crippen LogP contribution in [-0.2, 0) is 6.42 Å². The minimum Gasteiger partial charge on any atom is -0.496 e. The summed E-state index contributed by atoms with van der Waals surface area (Å²) in [7, 11) is 1.73. The quantitative estimate of drug-likeness (QED) is 0.605. The van der Waals surface area contributed by atoms with Gasteiger partial charge in [-0.1, -0.05) is 0 Å². The zero-order valence-electron chi connectivity index (χ0n) is 11.9. The second-order valence-corrected chi connectivity index (χ2v) is 5.04. The third-order valence-electron chi connectivity index (χ3n) is 3.47. The van der Waals surface area contributed by atoms with E-state index in [9.17, 15) is 0 Å². The molecule has 0 aliphatic rings. The van der Waals surface area contributed by atoms with E-state index < -0.39 is 0 Å². The Labute approximate surface area is 116 Å². The van der Waals surface area contributed by atoms with Gasteiger partial charge in [-0.15, -0.1) is 11.6 Å². The maximum atomic E-state index is 5.65. The van der Waals surface area contributed by atoms with Crippen LogP contribution in [0, 0.1) is 20.8 Å². The molecule has 0 aliphatic heterocycles. The van der Waals surface area contributed by atoms with Crippen molar-refractivity contribution in [3.05, 3.63) is 28.3 Å². The summed E-state index contributed by atoms with van der Waals surface area (Å²) in [5.74, 6) is 1.72. The molecule has 0 amide bonds. The fourth-order valence-corrected chi connectivity index (χ4v) is 2.36. The van der Waals surface area contributed by atoms with Crippen LogP contribution in [0.1, 0.15) is 28.7 Å². The Morgan fingerprint density at radius 3 is 2.50 bits per heavy atom. The molecule has 0 aliphatic carbocycles. The summed E-state index contributed by atoms with van der Waals surface area (Å²) in [4.78, 5) is 0. The second kappa shape index (κ2) is 7.65.